The average Bonchev–Trinajstić information content (AvgIpc) is 2.38. The molecule has 2 aromatic rings. The normalized spacial score (nSPS) is 12.6. The molecule has 0 amide bonds. The van der Waals surface area contributed by atoms with E-state index >= 15 is 0 Å². The zero-order chi connectivity index (χ0) is 13.0. The minimum atomic E-state index is 0.0500. The molecule has 0 heterocycles. The fourth-order valence-corrected chi connectivity index (χ4v) is 2.63. The van der Waals surface area contributed by atoms with Crippen LogP contribution in [0.5, 0.6) is 5.75 Å². The molecule has 0 aliphatic carbocycles. The molecule has 0 bridgehead atoms. The molecular weight excluding hydrogens is 292 g/mol. The lowest BCUT2D eigenvalue weighted by molar-refractivity contribution is 0.0917. The Bertz CT molecular complexity index is 525. The van der Waals surface area contributed by atoms with Crippen LogP contribution in [0.15, 0.2) is 36.4 Å². The van der Waals surface area contributed by atoms with Gasteiger partial charge in [-0.25, -0.2) is 0 Å². The molecule has 0 saturated heterocycles. The van der Waals surface area contributed by atoms with Crippen molar-refractivity contribution in [3.05, 3.63) is 42.0 Å². The Kier molecular flexibility index (Phi) is 4.61. The van der Waals surface area contributed by atoms with Gasteiger partial charge in [0.25, 0.3) is 0 Å². The molecule has 0 radical (unpaired) electrons. The maximum absolute atomic E-state index is 5.93. The summed E-state index contributed by atoms with van der Waals surface area (Å²) in [5.74, 6) is 0.926. The number of hydrogen-bond acceptors (Lipinski definition) is 2. The number of hydrogen-bond donors (Lipinski definition) is 0. The minimum absolute atomic E-state index is 0.0500. The first-order valence-electron chi connectivity index (χ1n) is 5.98. The third-order valence-corrected chi connectivity index (χ3v) is 3.42. The summed E-state index contributed by atoms with van der Waals surface area (Å²) in [6.07, 6.45) is 0.0500. The third-order valence-electron chi connectivity index (χ3n) is 2.86. The molecule has 0 fully saturated rings. The number of alkyl halides is 1. The number of ether oxygens (including phenoxy) is 2. The van der Waals surface area contributed by atoms with E-state index in [0.29, 0.717) is 6.61 Å². The van der Waals surface area contributed by atoms with Gasteiger partial charge in [-0.3, -0.25) is 0 Å². The Morgan fingerprint density at radius 1 is 1.17 bits per heavy atom. The standard InChI is InChI=1S/C15H17BrO2/c1-11(10-17-2)18-15-8-7-12-5-3-4-6-13(12)14(15)9-16/h3-8,11H,9-10H2,1-2H3. The van der Waals surface area contributed by atoms with Crippen LogP contribution in [-0.4, -0.2) is 19.8 Å². The Morgan fingerprint density at radius 3 is 2.67 bits per heavy atom. The number of benzene rings is 2. The number of halogens is 1. The predicted molar refractivity (Wildman–Crippen MR) is 78.5 cm³/mol. The highest BCUT2D eigenvalue weighted by molar-refractivity contribution is 9.08. The van der Waals surface area contributed by atoms with Crippen LogP contribution < -0.4 is 4.74 Å². The van der Waals surface area contributed by atoms with Crippen molar-refractivity contribution >= 4 is 26.7 Å². The predicted octanol–water partition coefficient (Wildman–Crippen LogP) is 4.15. The summed E-state index contributed by atoms with van der Waals surface area (Å²) in [5, 5.41) is 3.25. The first-order valence-corrected chi connectivity index (χ1v) is 7.10. The van der Waals surface area contributed by atoms with Crippen LogP contribution in [0, 0.1) is 0 Å². The summed E-state index contributed by atoms with van der Waals surface area (Å²) in [6.45, 7) is 2.60. The van der Waals surface area contributed by atoms with Gasteiger partial charge in [-0.15, -0.1) is 0 Å². The second-order valence-corrected chi connectivity index (χ2v) is 4.84. The van der Waals surface area contributed by atoms with E-state index in [-0.39, 0.29) is 6.10 Å². The van der Waals surface area contributed by atoms with Gasteiger partial charge in [0.2, 0.25) is 0 Å². The molecular formula is C15H17BrO2. The van der Waals surface area contributed by atoms with E-state index < -0.39 is 0 Å². The van der Waals surface area contributed by atoms with Crippen LogP contribution >= 0.6 is 15.9 Å². The van der Waals surface area contributed by atoms with Gasteiger partial charge >= 0.3 is 0 Å². The molecule has 2 nitrogen and oxygen atoms in total. The van der Waals surface area contributed by atoms with E-state index in [1.807, 2.05) is 13.0 Å². The van der Waals surface area contributed by atoms with Crippen molar-refractivity contribution in [2.75, 3.05) is 13.7 Å². The summed E-state index contributed by atoms with van der Waals surface area (Å²) < 4.78 is 11.0. The van der Waals surface area contributed by atoms with Crippen LogP contribution in [0.4, 0.5) is 0 Å². The first kappa shape index (κ1) is 13.4. The Hall–Kier alpha value is -1.06. The van der Waals surface area contributed by atoms with Crippen molar-refractivity contribution in [3.63, 3.8) is 0 Å². The molecule has 0 aliphatic heterocycles. The van der Waals surface area contributed by atoms with E-state index in [1.54, 1.807) is 7.11 Å². The van der Waals surface area contributed by atoms with Gasteiger partial charge in [0.15, 0.2) is 0 Å². The zero-order valence-corrected chi connectivity index (χ0v) is 12.2. The van der Waals surface area contributed by atoms with Gasteiger partial charge in [0.05, 0.1) is 6.61 Å². The topological polar surface area (TPSA) is 18.5 Å². The highest BCUT2D eigenvalue weighted by atomic mass is 79.9. The molecule has 0 spiro atoms. The van der Waals surface area contributed by atoms with Crippen molar-refractivity contribution in [3.8, 4) is 5.75 Å². The second-order valence-electron chi connectivity index (χ2n) is 4.28. The van der Waals surface area contributed by atoms with Crippen molar-refractivity contribution in [1.29, 1.82) is 0 Å². The van der Waals surface area contributed by atoms with E-state index in [9.17, 15) is 0 Å². The molecule has 2 rings (SSSR count). The lowest BCUT2D eigenvalue weighted by Gasteiger charge is -2.17. The van der Waals surface area contributed by atoms with Crippen LogP contribution in [0.1, 0.15) is 12.5 Å². The van der Waals surface area contributed by atoms with Gasteiger partial charge in [-0.2, -0.15) is 0 Å². The Morgan fingerprint density at radius 2 is 1.94 bits per heavy atom. The maximum atomic E-state index is 5.93. The molecule has 3 heteroatoms. The summed E-state index contributed by atoms with van der Waals surface area (Å²) in [4.78, 5) is 0. The number of methoxy groups -OCH3 is 1. The number of rotatable bonds is 5. The Labute approximate surface area is 116 Å². The van der Waals surface area contributed by atoms with E-state index in [2.05, 4.69) is 46.3 Å². The molecule has 0 aliphatic rings. The van der Waals surface area contributed by atoms with E-state index in [1.165, 1.54) is 16.3 Å². The molecule has 2 aromatic carbocycles. The summed E-state index contributed by atoms with van der Waals surface area (Å²) in [6, 6.07) is 12.5. The fourth-order valence-electron chi connectivity index (χ4n) is 2.05. The lowest BCUT2D eigenvalue weighted by atomic mass is 10.0. The van der Waals surface area contributed by atoms with Gasteiger partial charge < -0.3 is 9.47 Å². The maximum Gasteiger partial charge on any atom is 0.124 e. The molecule has 0 aromatic heterocycles. The lowest BCUT2D eigenvalue weighted by Crippen LogP contribution is -2.18. The molecule has 0 saturated carbocycles. The average molecular weight is 309 g/mol. The van der Waals surface area contributed by atoms with Gasteiger partial charge in [0, 0.05) is 18.0 Å². The second kappa shape index (κ2) is 6.21. The molecule has 0 N–H and O–H groups in total. The van der Waals surface area contributed by atoms with Crippen molar-refractivity contribution < 1.29 is 9.47 Å². The number of fused-ring (bicyclic) bond motifs is 1. The van der Waals surface area contributed by atoms with Crippen LogP contribution in [0.25, 0.3) is 10.8 Å². The smallest absolute Gasteiger partial charge is 0.124 e. The minimum Gasteiger partial charge on any atom is -0.488 e. The monoisotopic (exact) mass is 308 g/mol. The SMILES string of the molecule is COCC(C)Oc1ccc2ccccc2c1CBr. The largest absolute Gasteiger partial charge is 0.488 e. The van der Waals surface area contributed by atoms with Gasteiger partial charge in [0.1, 0.15) is 11.9 Å². The quantitative estimate of drug-likeness (QED) is 0.773. The fraction of sp³-hybridized carbons (Fsp3) is 0.333. The van der Waals surface area contributed by atoms with E-state index in [0.717, 1.165) is 11.1 Å². The highest BCUT2D eigenvalue weighted by Gasteiger charge is 2.10. The summed E-state index contributed by atoms with van der Waals surface area (Å²) in [7, 11) is 1.69. The summed E-state index contributed by atoms with van der Waals surface area (Å²) >= 11 is 3.55. The molecule has 1 unspecified atom stereocenters. The third kappa shape index (κ3) is 2.85. The van der Waals surface area contributed by atoms with Crippen molar-refractivity contribution in [2.45, 2.75) is 18.4 Å². The molecule has 1 atom stereocenters. The van der Waals surface area contributed by atoms with Crippen LogP contribution in [0.2, 0.25) is 0 Å². The first-order chi connectivity index (χ1) is 8.76. The van der Waals surface area contributed by atoms with Gasteiger partial charge in [-0.1, -0.05) is 46.3 Å². The van der Waals surface area contributed by atoms with Crippen LogP contribution in [-0.2, 0) is 10.1 Å². The molecule has 96 valence electrons. The van der Waals surface area contributed by atoms with Gasteiger partial charge in [-0.05, 0) is 23.8 Å². The zero-order valence-electron chi connectivity index (χ0n) is 10.7. The summed E-state index contributed by atoms with van der Waals surface area (Å²) in [5.41, 5.74) is 1.19. The van der Waals surface area contributed by atoms with Crippen molar-refractivity contribution in [2.24, 2.45) is 0 Å². The molecule has 18 heavy (non-hydrogen) atoms. The highest BCUT2D eigenvalue weighted by Crippen LogP contribution is 2.30. The van der Waals surface area contributed by atoms with E-state index in [4.69, 9.17) is 9.47 Å². The Balaban J connectivity index is 2.38. The van der Waals surface area contributed by atoms with Crippen LogP contribution in [0.3, 0.4) is 0 Å². The van der Waals surface area contributed by atoms with Crippen molar-refractivity contribution in [1.82, 2.24) is 0 Å².